The molecular formula is C18H30N2O3S. The summed E-state index contributed by atoms with van der Waals surface area (Å²) in [7, 11) is -1.81. The molecule has 0 unspecified atom stereocenters. The average molecular weight is 355 g/mol. The van der Waals surface area contributed by atoms with E-state index in [1.54, 1.807) is 31.3 Å². The van der Waals surface area contributed by atoms with Gasteiger partial charge in [-0.15, -0.1) is 0 Å². The van der Waals surface area contributed by atoms with Crippen LogP contribution in [0.5, 0.6) is 0 Å². The summed E-state index contributed by atoms with van der Waals surface area (Å²) in [4.78, 5) is 2.56. The predicted octanol–water partition coefficient (Wildman–Crippen LogP) is 2.18. The van der Waals surface area contributed by atoms with Crippen LogP contribution in [0, 0.1) is 5.41 Å². The smallest absolute Gasteiger partial charge is 0.242 e. The molecule has 6 heteroatoms. The second kappa shape index (κ2) is 7.12. The molecule has 1 aromatic carbocycles. The number of hydrogen-bond acceptors (Lipinski definition) is 4. The lowest BCUT2D eigenvalue weighted by atomic mass is 9.71. The molecule has 1 N–H and O–H groups in total. The lowest BCUT2D eigenvalue weighted by molar-refractivity contribution is -0.0988. The van der Waals surface area contributed by atoms with Crippen LogP contribution in [0.25, 0.3) is 0 Å². The van der Waals surface area contributed by atoms with Crippen molar-refractivity contribution in [3.63, 3.8) is 0 Å². The molecule has 0 atom stereocenters. The van der Waals surface area contributed by atoms with Crippen molar-refractivity contribution in [3.05, 3.63) is 30.3 Å². The van der Waals surface area contributed by atoms with Crippen LogP contribution < -0.4 is 0 Å². The van der Waals surface area contributed by atoms with Gasteiger partial charge in [-0.1, -0.05) is 39.0 Å². The van der Waals surface area contributed by atoms with Crippen molar-refractivity contribution in [2.24, 2.45) is 5.41 Å². The van der Waals surface area contributed by atoms with Crippen molar-refractivity contribution in [3.8, 4) is 0 Å². The minimum atomic E-state index is -3.43. The van der Waals surface area contributed by atoms with E-state index in [1.165, 1.54) is 4.31 Å². The highest BCUT2D eigenvalue weighted by molar-refractivity contribution is 7.89. The summed E-state index contributed by atoms with van der Waals surface area (Å²) in [5.41, 5.74) is -0.766. The summed E-state index contributed by atoms with van der Waals surface area (Å²) in [6.07, 6.45) is 1.46. The van der Waals surface area contributed by atoms with Gasteiger partial charge in [0.05, 0.1) is 10.5 Å². The summed E-state index contributed by atoms with van der Waals surface area (Å²) in [6, 6.07) is 8.52. The monoisotopic (exact) mass is 354 g/mol. The van der Waals surface area contributed by atoms with Gasteiger partial charge in [0.2, 0.25) is 10.0 Å². The standard InChI is InChI=1S/C18H30N2O3S/c1-17(2,3)18(21)10-12-20(13-11-18)15-14-19(4)24(22,23)16-8-6-5-7-9-16/h5-9,21H,10-15H2,1-4H3. The molecule has 0 amide bonds. The Labute approximate surface area is 146 Å². The van der Waals surface area contributed by atoms with Crippen molar-refractivity contribution in [1.29, 1.82) is 0 Å². The van der Waals surface area contributed by atoms with E-state index in [9.17, 15) is 13.5 Å². The molecule has 2 rings (SSSR count). The molecule has 136 valence electrons. The van der Waals surface area contributed by atoms with Crippen LogP contribution in [0.2, 0.25) is 0 Å². The first-order valence-corrected chi connectivity index (χ1v) is 9.96. The molecule has 0 radical (unpaired) electrons. The van der Waals surface area contributed by atoms with Crippen LogP contribution in [-0.4, -0.2) is 61.6 Å². The quantitative estimate of drug-likeness (QED) is 0.880. The van der Waals surface area contributed by atoms with E-state index < -0.39 is 15.6 Å². The first-order valence-electron chi connectivity index (χ1n) is 8.52. The summed E-state index contributed by atoms with van der Waals surface area (Å²) >= 11 is 0. The Morgan fingerprint density at radius 3 is 2.21 bits per heavy atom. The molecule has 0 aromatic heterocycles. The maximum atomic E-state index is 12.5. The zero-order chi connectivity index (χ0) is 18.0. The molecule has 5 nitrogen and oxygen atoms in total. The Kier molecular flexibility index (Phi) is 5.75. The molecule has 1 aliphatic heterocycles. The van der Waals surface area contributed by atoms with Crippen LogP contribution in [0.3, 0.4) is 0 Å². The third-order valence-electron chi connectivity index (χ3n) is 5.26. The maximum absolute atomic E-state index is 12.5. The third-order valence-corrected chi connectivity index (χ3v) is 7.13. The van der Waals surface area contributed by atoms with Gasteiger partial charge in [-0.25, -0.2) is 8.42 Å². The number of aliphatic hydroxyl groups is 1. The highest BCUT2D eigenvalue weighted by Crippen LogP contribution is 2.38. The number of benzene rings is 1. The molecule has 1 aromatic rings. The summed E-state index contributed by atoms with van der Waals surface area (Å²) in [5, 5.41) is 10.7. The molecule has 1 fully saturated rings. The topological polar surface area (TPSA) is 60.9 Å². The van der Waals surface area contributed by atoms with E-state index in [0.717, 1.165) is 25.9 Å². The number of nitrogens with zero attached hydrogens (tertiary/aromatic N) is 2. The predicted molar refractivity (Wildman–Crippen MR) is 96.3 cm³/mol. The van der Waals surface area contributed by atoms with Crippen LogP contribution in [0.1, 0.15) is 33.6 Å². The van der Waals surface area contributed by atoms with E-state index in [1.807, 2.05) is 6.07 Å². The fourth-order valence-corrected chi connectivity index (χ4v) is 4.25. The van der Waals surface area contributed by atoms with Gasteiger partial charge in [0.15, 0.2) is 0 Å². The maximum Gasteiger partial charge on any atom is 0.242 e. The Hall–Kier alpha value is -0.950. The number of likely N-dealkylation sites (tertiary alicyclic amines) is 1. The van der Waals surface area contributed by atoms with Crippen molar-refractivity contribution < 1.29 is 13.5 Å². The minimum absolute atomic E-state index is 0.132. The van der Waals surface area contributed by atoms with E-state index in [0.29, 0.717) is 18.0 Å². The highest BCUT2D eigenvalue weighted by atomic mass is 32.2. The van der Waals surface area contributed by atoms with Gasteiger partial charge < -0.3 is 10.0 Å². The SMILES string of the molecule is CN(CCN1CCC(O)(C(C)(C)C)CC1)S(=O)(=O)c1ccccc1. The first-order chi connectivity index (χ1) is 11.1. The van der Waals surface area contributed by atoms with Crippen molar-refractivity contribution in [1.82, 2.24) is 9.21 Å². The number of sulfonamides is 1. The van der Waals surface area contributed by atoms with Gasteiger partial charge in [-0.3, -0.25) is 0 Å². The first kappa shape index (κ1) is 19.4. The van der Waals surface area contributed by atoms with Gasteiger partial charge in [-0.05, 0) is 30.4 Å². The molecule has 1 aliphatic rings. The third kappa shape index (κ3) is 4.17. The summed E-state index contributed by atoms with van der Waals surface area (Å²) in [6.45, 7) is 8.95. The number of piperidine rings is 1. The van der Waals surface area contributed by atoms with Gasteiger partial charge >= 0.3 is 0 Å². The molecular weight excluding hydrogens is 324 g/mol. The fraction of sp³-hybridized carbons (Fsp3) is 0.667. The van der Waals surface area contributed by atoms with Gasteiger partial charge in [0.1, 0.15) is 0 Å². The zero-order valence-electron chi connectivity index (χ0n) is 15.2. The molecule has 1 saturated heterocycles. The van der Waals surface area contributed by atoms with E-state index in [-0.39, 0.29) is 5.41 Å². The van der Waals surface area contributed by atoms with E-state index in [2.05, 4.69) is 25.7 Å². The average Bonchev–Trinajstić information content (AvgIpc) is 2.54. The minimum Gasteiger partial charge on any atom is -0.389 e. The largest absolute Gasteiger partial charge is 0.389 e. The fourth-order valence-electron chi connectivity index (χ4n) is 3.07. The number of hydrogen-bond donors (Lipinski definition) is 1. The molecule has 0 aliphatic carbocycles. The highest BCUT2D eigenvalue weighted by Gasteiger charge is 2.42. The summed E-state index contributed by atoms with van der Waals surface area (Å²) in [5.74, 6) is 0. The second-order valence-electron chi connectivity index (χ2n) is 7.76. The van der Waals surface area contributed by atoms with Gasteiger partial charge in [0.25, 0.3) is 0 Å². The molecule has 0 saturated carbocycles. The second-order valence-corrected chi connectivity index (χ2v) is 9.81. The Bertz CT molecular complexity index is 630. The number of likely N-dealkylation sites (N-methyl/N-ethyl adjacent to an activating group) is 1. The van der Waals surface area contributed by atoms with Crippen LogP contribution >= 0.6 is 0 Å². The van der Waals surface area contributed by atoms with E-state index >= 15 is 0 Å². The van der Waals surface area contributed by atoms with Gasteiger partial charge in [0, 0.05) is 33.2 Å². The Morgan fingerprint density at radius 2 is 1.71 bits per heavy atom. The summed E-state index contributed by atoms with van der Waals surface area (Å²) < 4.78 is 26.4. The lowest BCUT2D eigenvalue weighted by Crippen LogP contribution is -2.52. The normalized spacial score (nSPS) is 19.6. The molecule has 1 heterocycles. The molecule has 0 spiro atoms. The van der Waals surface area contributed by atoms with Crippen molar-refractivity contribution in [2.45, 2.75) is 44.1 Å². The van der Waals surface area contributed by atoms with Crippen LogP contribution in [0.4, 0.5) is 0 Å². The van der Waals surface area contributed by atoms with Crippen LogP contribution in [-0.2, 0) is 10.0 Å². The molecule has 24 heavy (non-hydrogen) atoms. The zero-order valence-corrected chi connectivity index (χ0v) is 16.0. The lowest BCUT2D eigenvalue weighted by Gasteiger charge is -2.46. The van der Waals surface area contributed by atoms with Crippen molar-refractivity contribution >= 4 is 10.0 Å². The molecule has 0 bridgehead atoms. The Balaban J connectivity index is 1.89. The van der Waals surface area contributed by atoms with Crippen LogP contribution in [0.15, 0.2) is 35.2 Å². The van der Waals surface area contributed by atoms with Crippen molar-refractivity contribution in [2.75, 3.05) is 33.2 Å². The Morgan fingerprint density at radius 1 is 1.17 bits per heavy atom. The number of rotatable bonds is 5. The van der Waals surface area contributed by atoms with E-state index in [4.69, 9.17) is 0 Å². The van der Waals surface area contributed by atoms with Gasteiger partial charge in [-0.2, -0.15) is 4.31 Å².